The van der Waals surface area contributed by atoms with E-state index in [1.807, 2.05) is 0 Å². The van der Waals surface area contributed by atoms with E-state index in [9.17, 15) is 9.59 Å². The molecule has 0 saturated heterocycles. The lowest BCUT2D eigenvalue weighted by Gasteiger charge is -2.31. The van der Waals surface area contributed by atoms with Gasteiger partial charge in [0.1, 0.15) is 12.4 Å². The van der Waals surface area contributed by atoms with Gasteiger partial charge in [-0.25, -0.2) is 9.59 Å². The van der Waals surface area contributed by atoms with E-state index in [1.54, 1.807) is 29.2 Å². The van der Waals surface area contributed by atoms with E-state index < -0.39 is 11.9 Å². The lowest BCUT2D eigenvalue weighted by molar-refractivity contribution is -0.140. The third kappa shape index (κ3) is 3.19. The molecule has 10 heteroatoms. The van der Waals surface area contributed by atoms with Crippen molar-refractivity contribution in [3.05, 3.63) is 35.5 Å². The number of benzene rings is 1. The van der Waals surface area contributed by atoms with Crippen molar-refractivity contribution in [3.8, 4) is 11.4 Å². The van der Waals surface area contributed by atoms with E-state index >= 15 is 0 Å². The molecule has 2 heterocycles. The van der Waals surface area contributed by atoms with Crippen molar-refractivity contribution in [3.63, 3.8) is 0 Å². The van der Waals surface area contributed by atoms with Gasteiger partial charge in [-0.15, -0.1) is 10.2 Å². The van der Waals surface area contributed by atoms with Crippen LogP contribution in [0.25, 0.3) is 11.4 Å². The molecule has 1 N–H and O–H groups in total. The second-order valence-electron chi connectivity index (χ2n) is 5.00. The van der Waals surface area contributed by atoms with Gasteiger partial charge >= 0.3 is 11.9 Å². The lowest BCUT2D eigenvalue weighted by atomic mass is 10.1. The van der Waals surface area contributed by atoms with Gasteiger partial charge in [0.15, 0.2) is 0 Å². The Morgan fingerprint density at radius 3 is 2.48 bits per heavy atom. The molecule has 0 fully saturated rings. The highest BCUT2D eigenvalue weighted by Gasteiger charge is 2.32. The van der Waals surface area contributed by atoms with Crippen molar-refractivity contribution >= 4 is 17.6 Å². The molecule has 25 heavy (non-hydrogen) atoms. The molecule has 1 aliphatic rings. The number of hydrogen-bond acceptors (Lipinski definition) is 9. The summed E-state index contributed by atoms with van der Waals surface area (Å²) in [7, 11) is 2.49. The number of aromatic nitrogens is 4. The maximum atomic E-state index is 12.2. The van der Waals surface area contributed by atoms with Crippen LogP contribution in [-0.2, 0) is 23.8 Å². The number of H-pyrrole nitrogens is 1. The SMILES string of the molecule is COC(=O)C1=C(C(=O)OC)N(c2ccc(-c3nn[nH]n3)cc2)COC1. The smallest absolute Gasteiger partial charge is 0.355 e. The van der Waals surface area contributed by atoms with Crippen LogP contribution in [0.3, 0.4) is 0 Å². The number of anilines is 1. The van der Waals surface area contributed by atoms with Crippen molar-refractivity contribution in [2.45, 2.75) is 0 Å². The molecule has 0 bridgehead atoms. The van der Waals surface area contributed by atoms with Crippen molar-refractivity contribution in [1.29, 1.82) is 0 Å². The van der Waals surface area contributed by atoms with E-state index in [0.717, 1.165) is 5.56 Å². The number of aromatic amines is 1. The number of carbonyl (C=O) groups is 2. The van der Waals surface area contributed by atoms with Crippen molar-refractivity contribution in [2.24, 2.45) is 0 Å². The van der Waals surface area contributed by atoms with E-state index in [1.165, 1.54) is 14.2 Å². The second kappa shape index (κ2) is 7.09. The maximum Gasteiger partial charge on any atom is 0.355 e. The number of nitrogens with zero attached hydrogens (tertiary/aromatic N) is 4. The minimum atomic E-state index is -0.647. The first-order valence-corrected chi connectivity index (χ1v) is 7.24. The summed E-state index contributed by atoms with van der Waals surface area (Å²) in [5, 5.41) is 13.7. The number of carbonyl (C=O) groups excluding carboxylic acids is 2. The maximum absolute atomic E-state index is 12.2. The Morgan fingerprint density at radius 2 is 1.88 bits per heavy atom. The fourth-order valence-electron chi connectivity index (χ4n) is 2.42. The van der Waals surface area contributed by atoms with Crippen molar-refractivity contribution in [2.75, 3.05) is 32.5 Å². The van der Waals surface area contributed by atoms with E-state index in [2.05, 4.69) is 20.6 Å². The Balaban J connectivity index is 1.99. The highest BCUT2D eigenvalue weighted by Crippen LogP contribution is 2.28. The molecule has 10 nitrogen and oxygen atoms in total. The second-order valence-corrected chi connectivity index (χ2v) is 5.00. The van der Waals surface area contributed by atoms with Gasteiger partial charge in [0.2, 0.25) is 5.82 Å². The van der Waals surface area contributed by atoms with Crippen molar-refractivity contribution < 1.29 is 23.8 Å². The molecule has 0 saturated carbocycles. The lowest BCUT2D eigenvalue weighted by Crippen LogP contribution is -2.38. The Labute approximate surface area is 142 Å². The number of rotatable bonds is 4. The zero-order valence-electron chi connectivity index (χ0n) is 13.6. The molecule has 0 unspecified atom stereocenters. The van der Waals surface area contributed by atoms with Crippen LogP contribution in [0.5, 0.6) is 0 Å². The Kier molecular flexibility index (Phi) is 4.70. The summed E-state index contributed by atoms with van der Waals surface area (Å²) in [5.74, 6) is -0.847. The molecule has 2 aromatic rings. The summed E-state index contributed by atoms with van der Waals surface area (Å²) in [6, 6.07) is 7.03. The first kappa shape index (κ1) is 16.6. The fraction of sp³-hybridized carbons (Fsp3) is 0.267. The molecule has 130 valence electrons. The zero-order valence-corrected chi connectivity index (χ0v) is 13.6. The molecule has 0 aliphatic carbocycles. The predicted molar refractivity (Wildman–Crippen MR) is 84.0 cm³/mol. The predicted octanol–water partition coefficient (Wildman–Crippen LogP) is 0.261. The fourth-order valence-corrected chi connectivity index (χ4v) is 2.42. The van der Waals surface area contributed by atoms with Crippen LogP contribution in [-0.4, -0.2) is 60.1 Å². The first-order chi connectivity index (χ1) is 12.2. The normalized spacial score (nSPS) is 14.4. The molecule has 1 aromatic carbocycles. The number of hydrogen-bond donors (Lipinski definition) is 1. The third-order valence-corrected chi connectivity index (χ3v) is 3.62. The number of tetrazole rings is 1. The van der Waals surface area contributed by atoms with Crippen LogP contribution in [0.15, 0.2) is 35.5 Å². The molecular formula is C15H15N5O5. The van der Waals surface area contributed by atoms with Gasteiger partial charge in [-0.3, -0.25) is 0 Å². The standard InChI is InChI=1S/C15H15N5O5/c1-23-14(21)11-7-25-8-20(12(11)15(22)24-2)10-5-3-9(4-6-10)13-16-18-19-17-13/h3-6H,7-8H2,1-2H3,(H,16,17,18,19). The summed E-state index contributed by atoms with van der Waals surface area (Å²) in [6.45, 7) is 0.0566. The van der Waals surface area contributed by atoms with Crippen LogP contribution in [0, 0.1) is 0 Å². The topological polar surface area (TPSA) is 120 Å². The summed E-state index contributed by atoms with van der Waals surface area (Å²) >= 11 is 0. The average Bonchev–Trinajstić information content (AvgIpc) is 3.21. The van der Waals surface area contributed by atoms with Crippen LogP contribution < -0.4 is 4.90 Å². The molecule has 1 aliphatic heterocycles. The van der Waals surface area contributed by atoms with Crippen LogP contribution in [0.4, 0.5) is 5.69 Å². The monoisotopic (exact) mass is 345 g/mol. The van der Waals surface area contributed by atoms with Gasteiger partial charge in [0.25, 0.3) is 0 Å². The Hall–Kier alpha value is -3.27. The minimum Gasteiger partial charge on any atom is -0.466 e. The summed E-state index contributed by atoms with van der Waals surface area (Å²) in [6.07, 6.45) is 0. The number of nitrogens with one attached hydrogen (secondary N) is 1. The molecule has 0 radical (unpaired) electrons. The van der Waals surface area contributed by atoms with E-state index in [4.69, 9.17) is 14.2 Å². The van der Waals surface area contributed by atoms with Crippen LogP contribution in [0.2, 0.25) is 0 Å². The first-order valence-electron chi connectivity index (χ1n) is 7.24. The van der Waals surface area contributed by atoms with Crippen molar-refractivity contribution in [1.82, 2.24) is 20.6 Å². The molecule has 0 amide bonds. The highest BCUT2D eigenvalue weighted by molar-refractivity contribution is 6.03. The van der Waals surface area contributed by atoms with Crippen LogP contribution >= 0.6 is 0 Å². The summed E-state index contributed by atoms with van der Waals surface area (Å²) in [4.78, 5) is 25.7. The Bertz CT molecular complexity index is 800. The largest absolute Gasteiger partial charge is 0.466 e. The van der Waals surface area contributed by atoms with Gasteiger partial charge < -0.3 is 19.1 Å². The van der Waals surface area contributed by atoms with Gasteiger partial charge in [-0.05, 0) is 29.5 Å². The Morgan fingerprint density at radius 1 is 1.16 bits per heavy atom. The third-order valence-electron chi connectivity index (χ3n) is 3.62. The van der Waals surface area contributed by atoms with E-state index in [-0.39, 0.29) is 24.6 Å². The number of methoxy groups -OCH3 is 2. The minimum absolute atomic E-state index is 0.0332. The average molecular weight is 345 g/mol. The van der Waals surface area contributed by atoms with Gasteiger partial charge in [0, 0.05) is 11.3 Å². The quantitative estimate of drug-likeness (QED) is 0.778. The number of ether oxygens (including phenoxy) is 3. The molecular weight excluding hydrogens is 330 g/mol. The van der Waals surface area contributed by atoms with Gasteiger partial charge in [0.05, 0.1) is 26.4 Å². The van der Waals surface area contributed by atoms with Gasteiger partial charge in [-0.2, -0.15) is 5.21 Å². The summed E-state index contributed by atoms with van der Waals surface area (Å²) in [5.41, 5.74) is 1.57. The molecule has 1 aromatic heterocycles. The summed E-state index contributed by atoms with van der Waals surface area (Å²) < 4.78 is 15.0. The van der Waals surface area contributed by atoms with Crippen LogP contribution in [0.1, 0.15) is 0 Å². The molecule has 3 rings (SSSR count). The van der Waals surface area contributed by atoms with E-state index in [0.29, 0.717) is 11.5 Å². The molecule has 0 spiro atoms. The van der Waals surface area contributed by atoms with Gasteiger partial charge in [-0.1, -0.05) is 0 Å². The zero-order chi connectivity index (χ0) is 17.8. The highest BCUT2D eigenvalue weighted by atomic mass is 16.5. The number of esters is 2. The molecule has 0 atom stereocenters.